The van der Waals surface area contributed by atoms with Gasteiger partial charge in [-0.05, 0) is 42.2 Å². The van der Waals surface area contributed by atoms with Crippen molar-refractivity contribution in [1.82, 2.24) is 0 Å². The first-order valence-corrected chi connectivity index (χ1v) is 9.87. The molecule has 2 aromatic rings. The Balaban J connectivity index is 2.04. The van der Waals surface area contributed by atoms with Crippen molar-refractivity contribution < 1.29 is 17.9 Å². The fourth-order valence-electron chi connectivity index (χ4n) is 2.50. The van der Waals surface area contributed by atoms with Crippen LogP contribution in [0.25, 0.3) is 0 Å². The van der Waals surface area contributed by atoms with Crippen molar-refractivity contribution in [2.75, 3.05) is 13.2 Å². The van der Waals surface area contributed by atoms with Gasteiger partial charge in [-0.3, -0.25) is 0 Å². The fraction of sp³-hybridized carbons (Fsp3) is 0.400. The van der Waals surface area contributed by atoms with Gasteiger partial charge in [-0.15, -0.1) is 0 Å². The second-order valence-electron chi connectivity index (χ2n) is 7.49. The van der Waals surface area contributed by atoms with Crippen LogP contribution < -0.4 is 4.74 Å². The minimum Gasteiger partial charge on any atom is -0.489 e. The number of hydrogen-bond donors (Lipinski definition) is 0. The Bertz CT molecular complexity index is 858. The lowest BCUT2D eigenvalue weighted by Gasteiger charge is -2.21. The highest BCUT2D eigenvalue weighted by Gasteiger charge is 2.28. The Morgan fingerprint density at radius 1 is 1.12 bits per heavy atom. The van der Waals surface area contributed by atoms with Crippen LogP contribution in [0.1, 0.15) is 31.9 Å². The summed E-state index contributed by atoms with van der Waals surface area (Å²) in [5, 5.41) is 0. The van der Waals surface area contributed by atoms with Crippen molar-refractivity contribution in [2.24, 2.45) is 0 Å². The van der Waals surface area contributed by atoms with Crippen LogP contribution in [-0.4, -0.2) is 27.7 Å². The molecule has 1 heterocycles. The Morgan fingerprint density at radius 2 is 1.76 bits per heavy atom. The van der Waals surface area contributed by atoms with Gasteiger partial charge in [0.2, 0.25) is 9.84 Å². The first kappa shape index (κ1) is 18.0. The Labute approximate surface area is 149 Å². The number of benzene rings is 2. The standard InChI is InChI=1S/C20H24O4S/c1-14-5-8-17(9-6-14)25(21,22)19-10-7-15(20(2,3)4)11-18(19)24-13-16-12-23-16/h5-11,16H,12-13H2,1-4H3. The van der Waals surface area contributed by atoms with Crippen molar-refractivity contribution in [3.63, 3.8) is 0 Å². The van der Waals surface area contributed by atoms with Gasteiger partial charge in [0.15, 0.2) is 0 Å². The third kappa shape index (κ3) is 4.05. The molecule has 3 rings (SSSR count). The second-order valence-corrected chi connectivity index (χ2v) is 9.41. The number of sulfone groups is 1. The molecule has 1 unspecified atom stereocenters. The lowest BCUT2D eigenvalue weighted by atomic mass is 9.87. The van der Waals surface area contributed by atoms with Gasteiger partial charge >= 0.3 is 0 Å². The summed E-state index contributed by atoms with van der Waals surface area (Å²) in [7, 11) is -3.64. The van der Waals surface area contributed by atoms with Gasteiger partial charge in [0.25, 0.3) is 0 Å². The van der Waals surface area contributed by atoms with Gasteiger partial charge in [0.05, 0.1) is 11.5 Å². The highest BCUT2D eigenvalue weighted by molar-refractivity contribution is 7.91. The summed E-state index contributed by atoms with van der Waals surface area (Å²) in [5.74, 6) is 0.392. The maximum Gasteiger partial charge on any atom is 0.210 e. The molecule has 2 aromatic carbocycles. The van der Waals surface area contributed by atoms with Gasteiger partial charge in [0, 0.05) is 0 Å². The lowest BCUT2D eigenvalue weighted by molar-refractivity contribution is 0.257. The first-order valence-electron chi connectivity index (χ1n) is 8.38. The van der Waals surface area contributed by atoms with Gasteiger partial charge in [-0.25, -0.2) is 8.42 Å². The molecule has 0 N–H and O–H groups in total. The Hall–Kier alpha value is -1.85. The van der Waals surface area contributed by atoms with Crippen LogP contribution >= 0.6 is 0 Å². The zero-order valence-electron chi connectivity index (χ0n) is 15.1. The summed E-state index contributed by atoms with van der Waals surface area (Å²) in [6, 6.07) is 12.2. The molecule has 1 aliphatic heterocycles. The summed E-state index contributed by atoms with van der Waals surface area (Å²) in [6.07, 6.45) is 0.0632. The summed E-state index contributed by atoms with van der Waals surface area (Å²) in [6.45, 7) is 9.22. The van der Waals surface area contributed by atoms with E-state index in [0.717, 1.165) is 11.1 Å². The third-order valence-corrected chi connectivity index (χ3v) is 6.07. The van der Waals surface area contributed by atoms with Gasteiger partial charge in [-0.1, -0.05) is 44.5 Å². The van der Waals surface area contributed by atoms with E-state index in [-0.39, 0.29) is 21.3 Å². The number of hydrogen-bond acceptors (Lipinski definition) is 4. The van der Waals surface area contributed by atoms with Crippen LogP contribution in [0.2, 0.25) is 0 Å². The third-order valence-electron chi connectivity index (χ3n) is 4.26. The largest absolute Gasteiger partial charge is 0.489 e. The molecule has 134 valence electrons. The quantitative estimate of drug-likeness (QED) is 0.759. The van der Waals surface area contributed by atoms with Crippen LogP contribution in [-0.2, 0) is 20.0 Å². The maximum atomic E-state index is 13.1. The van der Waals surface area contributed by atoms with Crippen molar-refractivity contribution in [3.05, 3.63) is 53.6 Å². The molecule has 0 radical (unpaired) electrons. The smallest absolute Gasteiger partial charge is 0.210 e. The van der Waals surface area contributed by atoms with Crippen molar-refractivity contribution in [1.29, 1.82) is 0 Å². The molecule has 1 atom stereocenters. The van der Waals surface area contributed by atoms with E-state index >= 15 is 0 Å². The molecule has 4 nitrogen and oxygen atoms in total. The molecule has 0 aromatic heterocycles. The predicted molar refractivity (Wildman–Crippen MR) is 97.0 cm³/mol. The predicted octanol–water partition coefficient (Wildman–Crippen LogP) is 3.90. The molecule has 0 amide bonds. The normalized spacial score (nSPS) is 17.4. The monoisotopic (exact) mass is 360 g/mol. The van der Waals surface area contributed by atoms with Crippen molar-refractivity contribution in [2.45, 2.75) is 49.0 Å². The van der Waals surface area contributed by atoms with E-state index in [0.29, 0.717) is 19.0 Å². The van der Waals surface area contributed by atoms with E-state index in [4.69, 9.17) is 9.47 Å². The van der Waals surface area contributed by atoms with Crippen LogP contribution in [0.3, 0.4) is 0 Å². The van der Waals surface area contributed by atoms with E-state index < -0.39 is 9.84 Å². The summed E-state index contributed by atoms with van der Waals surface area (Å²) < 4.78 is 37.2. The number of epoxide rings is 1. The molecular formula is C20H24O4S. The average Bonchev–Trinajstić information content (AvgIpc) is 3.36. The van der Waals surface area contributed by atoms with Crippen LogP contribution in [0, 0.1) is 6.92 Å². The molecule has 25 heavy (non-hydrogen) atoms. The average molecular weight is 360 g/mol. The highest BCUT2D eigenvalue weighted by Crippen LogP contribution is 2.34. The number of rotatable bonds is 5. The van der Waals surface area contributed by atoms with E-state index in [9.17, 15) is 8.42 Å². The van der Waals surface area contributed by atoms with Crippen molar-refractivity contribution in [3.8, 4) is 5.75 Å². The molecule has 5 heteroatoms. The summed E-state index contributed by atoms with van der Waals surface area (Å²) in [4.78, 5) is 0.471. The van der Waals surface area contributed by atoms with E-state index in [1.54, 1.807) is 30.3 Å². The number of ether oxygens (including phenoxy) is 2. The first-order chi connectivity index (χ1) is 11.7. The fourth-order valence-corrected chi connectivity index (χ4v) is 3.88. The van der Waals surface area contributed by atoms with E-state index in [1.807, 2.05) is 19.1 Å². The topological polar surface area (TPSA) is 55.9 Å². The van der Waals surface area contributed by atoms with Crippen LogP contribution in [0.15, 0.2) is 52.3 Å². The summed E-state index contributed by atoms with van der Waals surface area (Å²) >= 11 is 0. The highest BCUT2D eigenvalue weighted by atomic mass is 32.2. The molecule has 1 aliphatic rings. The molecule has 1 saturated heterocycles. The maximum absolute atomic E-state index is 13.1. The Morgan fingerprint density at radius 3 is 2.32 bits per heavy atom. The SMILES string of the molecule is Cc1ccc(S(=O)(=O)c2ccc(C(C)(C)C)cc2OCC2CO2)cc1. The Kier molecular flexibility index (Phi) is 4.64. The lowest BCUT2D eigenvalue weighted by Crippen LogP contribution is -2.14. The second kappa shape index (κ2) is 6.46. The molecule has 0 aliphatic carbocycles. The summed E-state index contributed by atoms with van der Waals surface area (Å²) in [5.41, 5.74) is 1.95. The van der Waals surface area contributed by atoms with Crippen molar-refractivity contribution >= 4 is 9.84 Å². The molecular weight excluding hydrogens is 336 g/mol. The molecule has 0 spiro atoms. The molecule has 0 bridgehead atoms. The van der Waals surface area contributed by atoms with Gasteiger partial charge in [0.1, 0.15) is 23.4 Å². The zero-order valence-corrected chi connectivity index (χ0v) is 15.9. The van der Waals surface area contributed by atoms with E-state index in [2.05, 4.69) is 20.8 Å². The molecule has 0 saturated carbocycles. The number of aryl methyl sites for hydroxylation is 1. The van der Waals surface area contributed by atoms with Gasteiger partial charge < -0.3 is 9.47 Å². The van der Waals surface area contributed by atoms with E-state index in [1.165, 1.54) is 0 Å². The van der Waals surface area contributed by atoms with Crippen LogP contribution in [0.4, 0.5) is 0 Å². The molecule has 1 fully saturated rings. The minimum atomic E-state index is -3.64. The minimum absolute atomic E-state index is 0.0632. The van der Waals surface area contributed by atoms with Crippen LogP contribution in [0.5, 0.6) is 5.75 Å². The zero-order chi connectivity index (χ0) is 18.2. The van der Waals surface area contributed by atoms with Gasteiger partial charge in [-0.2, -0.15) is 0 Å².